The van der Waals surface area contributed by atoms with Gasteiger partial charge < -0.3 is 14.2 Å². The van der Waals surface area contributed by atoms with Gasteiger partial charge in [-0.25, -0.2) is 4.98 Å². The monoisotopic (exact) mass is 339 g/mol. The van der Waals surface area contributed by atoms with Gasteiger partial charge >= 0.3 is 0 Å². The minimum absolute atomic E-state index is 0.140. The number of carbonyl (C=O) groups excluding carboxylic acids is 2. The molecule has 2 fully saturated rings. The summed E-state index contributed by atoms with van der Waals surface area (Å²) < 4.78 is 5.09. The Morgan fingerprint density at radius 2 is 1.84 bits per heavy atom. The number of likely N-dealkylation sites (tertiary alicyclic amines) is 2. The van der Waals surface area contributed by atoms with Crippen LogP contribution in [-0.4, -0.2) is 46.2 Å². The molecular weight excluding hydrogens is 318 g/mol. The number of oxazole rings is 1. The molecule has 1 spiro atoms. The molecule has 2 aliphatic heterocycles. The Labute approximate surface area is 146 Å². The third-order valence-corrected chi connectivity index (χ3v) is 5.47. The van der Waals surface area contributed by atoms with Crippen molar-refractivity contribution in [1.29, 1.82) is 0 Å². The highest BCUT2D eigenvalue weighted by Gasteiger charge is 2.48. The summed E-state index contributed by atoms with van der Waals surface area (Å²) in [6.07, 6.45) is 5.02. The van der Waals surface area contributed by atoms with Crippen molar-refractivity contribution in [2.24, 2.45) is 5.41 Å². The number of benzene rings is 1. The average molecular weight is 339 g/mol. The van der Waals surface area contributed by atoms with Crippen LogP contribution in [0.4, 0.5) is 0 Å². The van der Waals surface area contributed by atoms with E-state index in [4.69, 9.17) is 4.42 Å². The maximum Gasteiger partial charge on any atom is 0.291 e. The lowest BCUT2D eigenvalue weighted by molar-refractivity contribution is -0.138. The zero-order valence-corrected chi connectivity index (χ0v) is 14.1. The molecule has 1 aromatic heterocycles. The van der Waals surface area contributed by atoms with Gasteiger partial charge in [-0.15, -0.1) is 0 Å². The van der Waals surface area contributed by atoms with Gasteiger partial charge in [-0.2, -0.15) is 0 Å². The summed E-state index contributed by atoms with van der Waals surface area (Å²) in [5.74, 6) is 0.362. The van der Waals surface area contributed by atoms with Crippen LogP contribution in [-0.2, 0) is 11.3 Å². The molecule has 6 heteroatoms. The van der Waals surface area contributed by atoms with E-state index in [9.17, 15) is 9.59 Å². The molecule has 2 amide bonds. The first kappa shape index (κ1) is 15.9. The fraction of sp³-hybridized carbons (Fsp3) is 0.421. The van der Waals surface area contributed by atoms with E-state index in [1.54, 1.807) is 4.90 Å². The van der Waals surface area contributed by atoms with E-state index < -0.39 is 0 Å². The molecule has 0 radical (unpaired) electrons. The van der Waals surface area contributed by atoms with Gasteiger partial charge in [-0.05, 0) is 24.8 Å². The first-order valence-corrected chi connectivity index (χ1v) is 8.69. The van der Waals surface area contributed by atoms with Crippen molar-refractivity contribution in [3.63, 3.8) is 0 Å². The van der Waals surface area contributed by atoms with Gasteiger partial charge in [0, 0.05) is 26.2 Å². The Balaban J connectivity index is 1.39. The van der Waals surface area contributed by atoms with E-state index >= 15 is 0 Å². The minimum atomic E-state index is -0.299. The fourth-order valence-corrected chi connectivity index (χ4v) is 3.93. The van der Waals surface area contributed by atoms with Crippen LogP contribution in [0.5, 0.6) is 0 Å². The molecule has 0 saturated carbocycles. The molecule has 25 heavy (non-hydrogen) atoms. The number of carbonyl (C=O) groups is 2. The van der Waals surface area contributed by atoms with Crippen LogP contribution in [0.2, 0.25) is 0 Å². The Kier molecular flexibility index (Phi) is 4.03. The Bertz CT molecular complexity index is 749. The summed E-state index contributed by atoms with van der Waals surface area (Å²) in [6, 6.07) is 10.1. The zero-order valence-electron chi connectivity index (χ0n) is 14.1. The van der Waals surface area contributed by atoms with Crippen molar-refractivity contribution in [3.05, 3.63) is 54.2 Å². The number of rotatable bonds is 3. The van der Waals surface area contributed by atoms with Crippen molar-refractivity contribution in [2.45, 2.75) is 25.8 Å². The molecule has 0 bridgehead atoms. The van der Waals surface area contributed by atoms with Crippen LogP contribution in [0.25, 0.3) is 0 Å². The molecular formula is C19H21N3O3. The van der Waals surface area contributed by atoms with Crippen molar-refractivity contribution >= 4 is 11.8 Å². The largest absolute Gasteiger partial charge is 0.438 e. The van der Waals surface area contributed by atoms with Gasteiger partial charge in [0.2, 0.25) is 11.7 Å². The second-order valence-electron chi connectivity index (χ2n) is 6.90. The highest BCUT2D eigenvalue weighted by Crippen LogP contribution is 2.42. The van der Waals surface area contributed by atoms with Crippen LogP contribution >= 0.6 is 0 Å². The highest BCUT2D eigenvalue weighted by molar-refractivity contribution is 5.91. The molecule has 3 heterocycles. The summed E-state index contributed by atoms with van der Waals surface area (Å²) in [5.41, 5.74) is 0.860. The molecule has 2 aliphatic rings. The summed E-state index contributed by atoms with van der Waals surface area (Å²) in [4.78, 5) is 32.9. The topological polar surface area (TPSA) is 66.7 Å². The summed E-state index contributed by atoms with van der Waals surface area (Å²) in [5, 5.41) is 0. The minimum Gasteiger partial charge on any atom is -0.438 e. The Morgan fingerprint density at radius 1 is 1.12 bits per heavy atom. The highest BCUT2D eigenvalue weighted by atomic mass is 16.3. The first-order chi connectivity index (χ1) is 12.2. The average Bonchev–Trinajstić information content (AvgIpc) is 3.28. The number of piperidine rings is 1. The van der Waals surface area contributed by atoms with E-state index in [-0.39, 0.29) is 23.0 Å². The number of aromatic nitrogens is 1. The summed E-state index contributed by atoms with van der Waals surface area (Å²) in [7, 11) is 0. The van der Waals surface area contributed by atoms with Gasteiger partial charge in [0.25, 0.3) is 5.91 Å². The SMILES string of the molecule is O=C(c1cnco1)N1CCC2(CC1)CCN(Cc1ccccc1)C2=O. The number of nitrogens with zero attached hydrogens (tertiary/aromatic N) is 3. The number of hydrogen-bond acceptors (Lipinski definition) is 4. The van der Waals surface area contributed by atoms with E-state index in [0.29, 0.717) is 19.6 Å². The third kappa shape index (κ3) is 2.92. The molecule has 0 aliphatic carbocycles. The molecule has 0 atom stereocenters. The number of amides is 2. The summed E-state index contributed by atoms with van der Waals surface area (Å²) in [6.45, 7) is 2.64. The van der Waals surface area contributed by atoms with Crippen molar-refractivity contribution in [1.82, 2.24) is 14.8 Å². The normalized spacial score (nSPS) is 19.6. The van der Waals surface area contributed by atoms with Gasteiger partial charge in [0.1, 0.15) is 0 Å². The van der Waals surface area contributed by atoms with Crippen molar-refractivity contribution < 1.29 is 14.0 Å². The molecule has 4 rings (SSSR count). The predicted molar refractivity (Wildman–Crippen MR) is 90.5 cm³/mol. The molecule has 6 nitrogen and oxygen atoms in total. The second-order valence-corrected chi connectivity index (χ2v) is 6.90. The Hall–Kier alpha value is -2.63. The van der Waals surface area contributed by atoms with Crippen molar-refractivity contribution in [2.75, 3.05) is 19.6 Å². The molecule has 0 unspecified atom stereocenters. The molecule has 2 saturated heterocycles. The predicted octanol–water partition coefficient (Wildman–Crippen LogP) is 2.33. The maximum atomic E-state index is 13.0. The fourth-order valence-electron chi connectivity index (χ4n) is 3.93. The van der Waals surface area contributed by atoms with E-state index in [2.05, 4.69) is 17.1 Å². The quantitative estimate of drug-likeness (QED) is 0.861. The van der Waals surface area contributed by atoms with Crippen LogP contribution in [0.15, 0.2) is 47.3 Å². The lowest BCUT2D eigenvalue weighted by atomic mass is 9.77. The van der Waals surface area contributed by atoms with Gasteiger partial charge in [-0.1, -0.05) is 30.3 Å². The molecule has 0 N–H and O–H groups in total. The van der Waals surface area contributed by atoms with Gasteiger partial charge in [-0.3, -0.25) is 9.59 Å². The smallest absolute Gasteiger partial charge is 0.291 e. The molecule has 2 aromatic rings. The first-order valence-electron chi connectivity index (χ1n) is 8.69. The lowest BCUT2D eigenvalue weighted by Gasteiger charge is -2.37. The third-order valence-electron chi connectivity index (χ3n) is 5.47. The Morgan fingerprint density at radius 3 is 2.52 bits per heavy atom. The zero-order chi connectivity index (χ0) is 17.3. The van der Waals surface area contributed by atoms with Crippen LogP contribution < -0.4 is 0 Å². The van der Waals surface area contributed by atoms with Crippen molar-refractivity contribution in [3.8, 4) is 0 Å². The second kappa shape index (κ2) is 6.35. The lowest BCUT2D eigenvalue weighted by Crippen LogP contribution is -2.46. The van der Waals surface area contributed by atoms with E-state index in [0.717, 1.165) is 31.4 Å². The number of hydrogen-bond donors (Lipinski definition) is 0. The van der Waals surface area contributed by atoms with Gasteiger partial charge in [0.05, 0.1) is 11.6 Å². The van der Waals surface area contributed by atoms with Crippen LogP contribution in [0.3, 0.4) is 0 Å². The molecule has 1 aromatic carbocycles. The summed E-state index contributed by atoms with van der Waals surface area (Å²) >= 11 is 0. The van der Waals surface area contributed by atoms with Crippen LogP contribution in [0, 0.1) is 5.41 Å². The van der Waals surface area contributed by atoms with Crippen LogP contribution in [0.1, 0.15) is 35.4 Å². The van der Waals surface area contributed by atoms with E-state index in [1.165, 1.54) is 12.6 Å². The molecule has 130 valence electrons. The van der Waals surface area contributed by atoms with Gasteiger partial charge in [0.15, 0.2) is 6.39 Å². The maximum absolute atomic E-state index is 13.0. The standard InChI is InChI=1S/C19H21N3O3/c23-17(16-12-20-14-25-16)21-9-6-19(7-10-21)8-11-22(18(19)24)13-15-4-2-1-3-5-15/h1-5,12,14H,6-11,13H2. The van der Waals surface area contributed by atoms with E-state index in [1.807, 2.05) is 23.1 Å².